The average Bonchev–Trinajstić information content (AvgIpc) is 1.87. The van der Waals surface area contributed by atoms with Gasteiger partial charge in [-0.1, -0.05) is 6.08 Å². The van der Waals surface area contributed by atoms with Crippen LogP contribution < -0.4 is 0 Å². The Morgan fingerprint density at radius 1 is 1.40 bits per heavy atom. The highest BCUT2D eigenvalue weighted by atomic mass is 16.3. The molecule has 0 aromatic rings. The molecule has 3 N–H and O–H groups in total. The molecule has 0 aromatic carbocycles. The van der Waals surface area contributed by atoms with Gasteiger partial charge in [-0.3, -0.25) is 0 Å². The van der Waals surface area contributed by atoms with Crippen LogP contribution in [0.3, 0.4) is 0 Å². The quantitative estimate of drug-likeness (QED) is 0.476. The van der Waals surface area contributed by atoms with Gasteiger partial charge in [0.1, 0.15) is 0 Å². The van der Waals surface area contributed by atoms with E-state index in [1.54, 1.807) is 0 Å². The molecule has 0 fully saturated rings. The maximum absolute atomic E-state index is 8.97. The lowest BCUT2D eigenvalue weighted by molar-refractivity contribution is 0.00578. The molecule has 0 amide bonds. The Hall–Kier alpha value is -0.380. The van der Waals surface area contributed by atoms with E-state index in [1.807, 2.05) is 0 Å². The number of hydrogen-bond acceptors (Lipinski definition) is 3. The van der Waals surface area contributed by atoms with Gasteiger partial charge in [0.25, 0.3) is 0 Å². The van der Waals surface area contributed by atoms with Gasteiger partial charge >= 0.3 is 0 Å². The molecule has 0 aliphatic carbocycles. The van der Waals surface area contributed by atoms with Crippen LogP contribution >= 0.6 is 0 Å². The van der Waals surface area contributed by atoms with Crippen LogP contribution in [0.2, 0.25) is 0 Å². The summed E-state index contributed by atoms with van der Waals surface area (Å²) in [6, 6.07) is 0. The van der Waals surface area contributed by atoms with Crippen LogP contribution in [0.1, 0.15) is 13.3 Å². The fourth-order valence-corrected chi connectivity index (χ4v) is 0.541. The second kappa shape index (κ2) is 4.44. The van der Waals surface area contributed by atoms with Crippen LogP contribution in [0.4, 0.5) is 0 Å². The van der Waals surface area contributed by atoms with Crippen molar-refractivity contribution in [2.75, 3.05) is 0 Å². The minimum atomic E-state index is -0.868. The first-order valence-corrected chi connectivity index (χ1v) is 3.24. The summed E-state index contributed by atoms with van der Waals surface area (Å²) >= 11 is 0. The van der Waals surface area contributed by atoms with E-state index in [9.17, 15) is 0 Å². The Labute approximate surface area is 60.6 Å². The highest BCUT2D eigenvalue weighted by Gasteiger charge is 2.13. The van der Waals surface area contributed by atoms with E-state index in [0.29, 0.717) is 0 Å². The fourth-order valence-electron chi connectivity index (χ4n) is 0.541. The van der Waals surface area contributed by atoms with Crippen molar-refractivity contribution >= 4 is 0 Å². The third kappa shape index (κ3) is 3.61. The van der Waals surface area contributed by atoms with Gasteiger partial charge in [0.15, 0.2) is 0 Å². The monoisotopic (exact) mass is 146 g/mol. The van der Waals surface area contributed by atoms with Crippen LogP contribution in [0.5, 0.6) is 0 Å². The molecule has 0 unspecified atom stereocenters. The van der Waals surface area contributed by atoms with E-state index in [4.69, 9.17) is 15.3 Å². The van der Waals surface area contributed by atoms with Gasteiger partial charge in [0, 0.05) is 6.42 Å². The topological polar surface area (TPSA) is 60.7 Å². The summed E-state index contributed by atoms with van der Waals surface area (Å²) in [6.45, 7) is 4.80. The van der Waals surface area contributed by atoms with Crippen LogP contribution in [-0.2, 0) is 0 Å². The second-order valence-corrected chi connectivity index (χ2v) is 2.35. The van der Waals surface area contributed by atoms with Crippen molar-refractivity contribution in [1.29, 1.82) is 0 Å². The van der Waals surface area contributed by atoms with E-state index >= 15 is 0 Å². The van der Waals surface area contributed by atoms with Crippen molar-refractivity contribution in [3.63, 3.8) is 0 Å². The first kappa shape index (κ1) is 9.62. The first-order valence-electron chi connectivity index (χ1n) is 3.24. The summed E-state index contributed by atoms with van der Waals surface area (Å²) in [4.78, 5) is 0. The van der Waals surface area contributed by atoms with E-state index in [0.717, 1.165) is 0 Å². The third-order valence-electron chi connectivity index (χ3n) is 1.31. The van der Waals surface area contributed by atoms with Gasteiger partial charge in [0.05, 0.1) is 18.3 Å². The Morgan fingerprint density at radius 2 is 1.90 bits per heavy atom. The number of aliphatic hydroxyl groups is 3. The van der Waals surface area contributed by atoms with Gasteiger partial charge in [-0.15, -0.1) is 6.58 Å². The maximum atomic E-state index is 8.97. The fraction of sp³-hybridized carbons (Fsp3) is 0.714. The Kier molecular flexibility index (Phi) is 4.27. The largest absolute Gasteiger partial charge is 0.391 e. The molecule has 0 saturated heterocycles. The Bertz CT molecular complexity index is 101. The van der Waals surface area contributed by atoms with Crippen molar-refractivity contribution in [2.45, 2.75) is 31.7 Å². The lowest BCUT2D eigenvalue weighted by Gasteiger charge is -2.14. The zero-order valence-corrected chi connectivity index (χ0v) is 6.07. The predicted octanol–water partition coefficient (Wildman–Crippen LogP) is -0.335. The molecule has 0 aromatic heterocycles. The van der Waals surface area contributed by atoms with Crippen LogP contribution in [0.15, 0.2) is 12.7 Å². The normalized spacial score (nSPS) is 19.6. The number of hydrogen-bond donors (Lipinski definition) is 3. The highest BCUT2D eigenvalue weighted by molar-refractivity contribution is 4.81. The van der Waals surface area contributed by atoms with E-state index in [1.165, 1.54) is 13.0 Å². The van der Waals surface area contributed by atoms with E-state index in [-0.39, 0.29) is 6.42 Å². The molecule has 0 aliphatic rings. The zero-order chi connectivity index (χ0) is 8.15. The molecule has 3 atom stereocenters. The molecule has 0 rings (SSSR count). The molecular weight excluding hydrogens is 132 g/mol. The first-order chi connectivity index (χ1) is 4.57. The SMILES string of the molecule is C=C[C@H](O)C[C@H](O)[C@H](C)O. The number of rotatable bonds is 4. The average molecular weight is 146 g/mol. The van der Waals surface area contributed by atoms with Crippen molar-refractivity contribution in [3.05, 3.63) is 12.7 Å². The van der Waals surface area contributed by atoms with Crippen LogP contribution in [-0.4, -0.2) is 33.6 Å². The molecule has 0 bridgehead atoms. The molecule has 10 heavy (non-hydrogen) atoms. The molecule has 0 saturated carbocycles. The maximum Gasteiger partial charge on any atom is 0.0824 e. The molecular formula is C7H14O3. The summed E-state index contributed by atoms with van der Waals surface area (Å²) in [5.41, 5.74) is 0. The third-order valence-corrected chi connectivity index (χ3v) is 1.31. The van der Waals surface area contributed by atoms with Crippen LogP contribution in [0, 0.1) is 0 Å². The van der Waals surface area contributed by atoms with E-state index in [2.05, 4.69) is 6.58 Å². The molecule has 0 aliphatic heterocycles. The molecule has 3 heteroatoms. The molecule has 0 spiro atoms. The van der Waals surface area contributed by atoms with Crippen molar-refractivity contribution < 1.29 is 15.3 Å². The van der Waals surface area contributed by atoms with Crippen LogP contribution in [0.25, 0.3) is 0 Å². The van der Waals surface area contributed by atoms with Gasteiger partial charge in [-0.05, 0) is 6.92 Å². The zero-order valence-electron chi connectivity index (χ0n) is 6.07. The number of aliphatic hydroxyl groups excluding tert-OH is 3. The van der Waals surface area contributed by atoms with Gasteiger partial charge in [-0.2, -0.15) is 0 Å². The van der Waals surface area contributed by atoms with Crippen molar-refractivity contribution in [3.8, 4) is 0 Å². The lowest BCUT2D eigenvalue weighted by atomic mass is 10.1. The van der Waals surface area contributed by atoms with Crippen molar-refractivity contribution in [2.24, 2.45) is 0 Å². The molecule has 0 radical (unpaired) electrons. The summed E-state index contributed by atoms with van der Waals surface area (Å²) in [6.07, 6.45) is -0.931. The summed E-state index contributed by atoms with van der Waals surface area (Å²) in [5, 5.41) is 26.6. The molecule has 0 heterocycles. The predicted molar refractivity (Wildman–Crippen MR) is 38.5 cm³/mol. The van der Waals surface area contributed by atoms with Gasteiger partial charge in [0.2, 0.25) is 0 Å². The molecule has 3 nitrogen and oxygen atoms in total. The van der Waals surface area contributed by atoms with Crippen molar-refractivity contribution in [1.82, 2.24) is 0 Å². The minimum absolute atomic E-state index is 0.140. The summed E-state index contributed by atoms with van der Waals surface area (Å²) in [5.74, 6) is 0. The summed E-state index contributed by atoms with van der Waals surface area (Å²) in [7, 11) is 0. The molecule has 60 valence electrons. The summed E-state index contributed by atoms with van der Waals surface area (Å²) < 4.78 is 0. The standard InChI is InChI=1S/C7H14O3/c1-3-6(9)4-7(10)5(2)8/h3,5-10H,1,4H2,2H3/t5-,6-,7-/m0/s1. The van der Waals surface area contributed by atoms with Gasteiger partial charge in [-0.25, -0.2) is 0 Å². The Balaban J connectivity index is 3.56. The smallest absolute Gasteiger partial charge is 0.0824 e. The lowest BCUT2D eigenvalue weighted by Crippen LogP contribution is -2.26. The van der Waals surface area contributed by atoms with Gasteiger partial charge < -0.3 is 15.3 Å². The minimum Gasteiger partial charge on any atom is -0.391 e. The highest BCUT2D eigenvalue weighted by Crippen LogP contribution is 2.02. The second-order valence-electron chi connectivity index (χ2n) is 2.35. The van der Waals surface area contributed by atoms with E-state index < -0.39 is 18.3 Å². The Morgan fingerprint density at radius 3 is 2.20 bits per heavy atom.